The predicted octanol–water partition coefficient (Wildman–Crippen LogP) is 1.56. The van der Waals surface area contributed by atoms with Gasteiger partial charge in [0.15, 0.2) is 11.5 Å². The molecular weight excluding hydrogens is 303 g/mol. The van der Waals surface area contributed by atoms with E-state index in [0.717, 1.165) is 16.8 Å². The number of primary amides is 1. The van der Waals surface area contributed by atoms with E-state index in [9.17, 15) is 18.0 Å². The maximum absolute atomic E-state index is 13.7. The Labute approximate surface area is 122 Å². The number of rotatable bonds is 2. The molecule has 0 aromatic carbocycles. The van der Waals surface area contributed by atoms with Crippen LogP contribution in [-0.4, -0.2) is 39.5 Å². The summed E-state index contributed by atoms with van der Waals surface area (Å²) in [6.45, 7) is 0.0638. The smallest absolute Gasteiger partial charge is 0.390 e. The molecule has 0 aliphatic carbocycles. The molecule has 22 heavy (non-hydrogen) atoms. The first kappa shape index (κ1) is 14.4. The molecule has 0 radical (unpaired) electrons. The monoisotopic (exact) mass is 315 g/mol. The number of alkyl halides is 2. The van der Waals surface area contributed by atoms with E-state index >= 15 is 0 Å². The molecule has 0 bridgehead atoms. The zero-order valence-corrected chi connectivity index (χ0v) is 11.3. The minimum absolute atomic E-state index is 0.0319. The van der Waals surface area contributed by atoms with Crippen molar-refractivity contribution in [1.82, 2.24) is 14.4 Å². The third kappa shape index (κ3) is 2.63. The van der Waals surface area contributed by atoms with Crippen LogP contribution in [0.15, 0.2) is 12.4 Å². The Morgan fingerprint density at radius 1 is 1.36 bits per heavy atom. The molecule has 1 saturated heterocycles. The third-order valence-electron chi connectivity index (χ3n) is 3.41. The molecule has 3 heterocycles. The summed E-state index contributed by atoms with van der Waals surface area (Å²) in [5.41, 5.74) is 5.07. The number of piperidine rings is 1. The molecule has 1 amide bonds. The molecule has 2 aromatic rings. The van der Waals surface area contributed by atoms with Gasteiger partial charge in [-0.3, -0.25) is 4.40 Å². The highest BCUT2D eigenvalue weighted by Gasteiger charge is 2.35. The SMILES string of the molecule is NC(=O)Oc1cn2c(F)cnc2c(N2CCC(F)(F)CC2)n1. The molecule has 0 atom stereocenters. The minimum atomic E-state index is -2.73. The summed E-state index contributed by atoms with van der Waals surface area (Å²) in [5, 5.41) is 0. The Hall–Kier alpha value is -2.52. The Morgan fingerprint density at radius 3 is 2.68 bits per heavy atom. The molecule has 2 aromatic heterocycles. The summed E-state index contributed by atoms with van der Waals surface area (Å²) in [5.74, 6) is -3.49. The topological polar surface area (TPSA) is 85.8 Å². The highest BCUT2D eigenvalue weighted by molar-refractivity contribution is 5.69. The lowest BCUT2D eigenvalue weighted by Crippen LogP contribution is -2.40. The molecule has 118 valence electrons. The van der Waals surface area contributed by atoms with Crippen LogP contribution in [0.25, 0.3) is 5.65 Å². The van der Waals surface area contributed by atoms with E-state index in [2.05, 4.69) is 14.7 Å². The van der Waals surface area contributed by atoms with Crippen LogP contribution in [0.3, 0.4) is 0 Å². The van der Waals surface area contributed by atoms with Gasteiger partial charge in [-0.2, -0.15) is 9.37 Å². The Balaban J connectivity index is 2.02. The average Bonchev–Trinajstić information content (AvgIpc) is 2.79. The number of fused-ring (bicyclic) bond motifs is 1. The van der Waals surface area contributed by atoms with Gasteiger partial charge in [-0.05, 0) is 0 Å². The number of hydrogen-bond acceptors (Lipinski definition) is 5. The second kappa shape index (κ2) is 5.04. The van der Waals surface area contributed by atoms with Crippen LogP contribution in [0.2, 0.25) is 0 Å². The summed E-state index contributed by atoms with van der Waals surface area (Å²) >= 11 is 0. The lowest BCUT2D eigenvalue weighted by Gasteiger charge is -2.32. The quantitative estimate of drug-likeness (QED) is 0.909. The van der Waals surface area contributed by atoms with Crippen LogP contribution in [0.5, 0.6) is 5.88 Å². The highest BCUT2D eigenvalue weighted by Crippen LogP contribution is 2.32. The second-order valence-corrected chi connectivity index (χ2v) is 4.94. The van der Waals surface area contributed by atoms with Crippen molar-refractivity contribution < 1.29 is 22.7 Å². The number of ether oxygens (including phenoxy) is 1. The first-order valence-electron chi connectivity index (χ1n) is 6.49. The molecule has 0 saturated carbocycles. The van der Waals surface area contributed by atoms with Crippen molar-refractivity contribution in [2.45, 2.75) is 18.8 Å². The van der Waals surface area contributed by atoms with Gasteiger partial charge in [0.1, 0.15) is 0 Å². The fourth-order valence-electron chi connectivity index (χ4n) is 2.33. The fraction of sp³-hybridized carbons (Fsp3) is 0.417. The van der Waals surface area contributed by atoms with Crippen LogP contribution < -0.4 is 15.4 Å². The van der Waals surface area contributed by atoms with E-state index in [0.29, 0.717) is 0 Å². The number of aromatic nitrogens is 3. The number of amides is 1. The number of imidazole rings is 1. The van der Waals surface area contributed by atoms with Gasteiger partial charge in [0, 0.05) is 25.9 Å². The van der Waals surface area contributed by atoms with Crippen molar-refractivity contribution in [3.05, 3.63) is 18.3 Å². The van der Waals surface area contributed by atoms with Crippen molar-refractivity contribution in [3.8, 4) is 5.88 Å². The molecule has 7 nitrogen and oxygen atoms in total. The normalized spacial score (nSPS) is 17.7. The van der Waals surface area contributed by atoms with Crippen molar-refractivity contribution >= 4 is 17.6 Å². The number of anilines is 1. The third-order valence-corrected chi connectivity index (χ3v) is 3.41. The van der Waals surface area contributed by atoms with Crippen LogP contribution >= 0.6 is 0 Å². The summed E-state index contributed by atoms with van der Waals surface area (Å²) in [6.07, 6.45) is 0.288. The van der Waals surface area contributed by atoms with Crippen LogP contribution in [-0.2, 0) is 0 Å². The maximum atomic E-state index is 13.7. The van der Waals surface area contributed by atoms with Gasteiger partial charge in [-0.15, -0.1) is 0 Å². The van der Waals surface area contributed by atoms with E-state index in [1.807, 2.05) is 0 Å². The van der Waals surface area contributed by atoms with Crippen molar-refractivity contribution in [1.29, 1.82) is 0 Å². The first-order chi connectivity index (χ1) is 10.4. The second-order valence-electron chi connectivity index (χ2n) is 4.94. The van der Waals surface area contributed by atoms with E-state index in [-0.39, 0.29) is 43.3 Å². The van der Waals surface area contributed by atoms with Crippen LogP contribution in [0.1, 0.15) is 12.8 Å². The number of nitrogens with two attached hydrogens (primary N) is 1. The lowest BCUT2D eigenvalue weighted by atomic mass is 10.1. The summed E-state index contributed by atoms with van der Waals surface area (Å²) in [6, 6.07) is 0. The molecule has 3 rings (SSSR count). The summed E-state index contributed by atoms with van der Waals surface area (Å²) in [7, 11) is 0. The summed E-state index contributed by atoms with van der Waals surface area (Å²) in [4.78, 5) is 20.3. The van der Waals surface area contributed by atoms with E-state index in [1.54, 1.807) is 4.90 Å². The van der Waals surface area contributed by atoms with Crippen molar-refractivity contribution in [2.24, 2.45) is 5.73 Å². The van der Waals surface area contributed by atoms with Crippen molar-refractivity contribution in [2.75, 3.05) is 18.0 Å². The molecule has 1 aliphatic heterocycles. The standard InChI is InChI=1S/C12H12F3N5O2/c13-7-5-17-9-10(19-3-1-12(14,15)2-4-19)18-8(6-20(7)9)22-11(16)21/h5-6H,1-4H2,(H2,16,21). The minimum Gasteiger partial charge on any atom is -0.390 e. The van der Waals surface area contributed by atoms with E-state index < -0.39 is 18.0 Å². The average molecular weight is 315 g/mol. The van der Waals surface area contributed by atoms with Crippen molar-refractivity contribution in [3.63, 3.8) is 0 Å². The molecule has 0 spiro atoms. The highest BCUT2D eigenvalue weighted by atomic mass is 19.3. The number of halogens is 3. The number of nitrogens with zero attached hydrogens (tertiary/aromatic N) is 4. The predicted molar refractivity (Wildman–Crippen MR) is 69.6 cm³/mol. The molecule has 0 unspecified atom stereocenters. The number of carbonyl (C=O) groups excluding carboxylic acids is 1. The van der Waals surface area contributed by atoms with E-state index in [1.165, 1.54) is 0 Å². The van der Waals surface area contributed by atoms with Gasteiger partial charge >= 0.3 is 6.09 Å². The Morgan fingerprint density at radius 2 is 2.05 bits per heavy atom. The zero-order chi connectivity index (χ0) is 15.9. The molecule has 1 aliphatic rings. The van der Waals surface area contributed by atoms with Gasteiger partial charge in [-0.1, -0.05) is 0 Å². The molecule has 2 N–H and O–H groups in total. The lowest BCUT2D eigenvalue weighted by molar-refractivity contribution is -0.0221. The van der Waals surface area contributed by atoms with Gasteiger partial charge in [0.25, 0.3) is 5.92 Å². The largest absolute Gasteiger partial charge is 0.411 e. The van der Waals surface area contributed by atoms with E-state index in [4.69, 9.17) is 5.73 Å². The first-order valence-corrected chi connectivity index (χ1v) is 6.49. The Kier molecular flexibility index (Phi) is 3.30. The molecule has 10 heteroatoms. The van der Waals surface area contributed by atoms with Gasteiger partial charge < -0.3 is 15.4 Å². The van der Waals surface area contributed by atoms with Gasteiger partial charge in [0.2, 0.25) is 11.8 Å². The Bertz CT molecular complexity index is 723. The fourth-order valence-corrected chi connectivity index (χ4v) is 2.33. The maximum Gasteiger partial charge on any atom is 0.411 e. The molecule has 1 fully saturated rings. The number of hydrogen-bond donors (Lipinski definition) is 1. The van der Waals surface area contributed by atoms with Crippen LogP contribution in [0, 0.1) is 5.95 Å². The molecular formula is C12H12F3N5O2. The zero-order valence-electron chi connectivity index (χ0n) is 11.3. The van der Waals surface area contributed by atoms with Gasteiger partial charge in [-0.25, -0.2) is 18.6 Å². The number of carbonyl (C=O) groups is 1. The summed E-state index contributed by atoms with van der Waals surface area (Å²) < 4.78 is 45.9. The van der Waals surface area contributed by atoms with Crippen LogP contribution in [0.4, 0.5) is 23.8 Å². The van der Waals surface area contributed by atoms with Gasteiger partial charge in [0.05, 0.1) is 12.4 Å².